The molecule has 0 bridgehead atoms. The molecular weight excluding hydrogens is 867 g/mol. The van der Waals surface area contributed by atoms with E-state index in [4.69, 9.17) is 0 Å². The van der Waals surface area contributed by atoms with Gasteiger partial charge in [0.25, 0.3) is 0 Å². The lowest BCUT2D eigenvalue weighted by Gasteiger charge is -2.36. The Kier molecular flexibility index (Phi) is 9.63. The van der Waals surface area contributed by atoms with Crippen LogP contribution in [-0.4, -0.2) is 0 Å². The number of fused-ring (bicyclic) bond motifs is 9. The molecule has 1 atom stereocenters. The summed E-state index contributed by atoms with van der Waals surface area (Å²) < 4.78 is 0. The fourth-order valence-electron chi connectivity index (χ4n) is 12.9. The van der Waals surface area contributed by atoms with Gasteiger partial charge in [-0.3, -0.25) is 0 Å². The van der Waals surface area contributed by atoms with Crippen molar-refractivity contribution < 1.29 is 0 Å². The van der Waals surface area contributed by atoms with Crippen LogP contribution in [0.25, 0.3) is 66.1 Å². The molecule has 0 amide bonds. The van der Waals surface area contributed by atoms with E-state index in [0.717, 1.165) is 17.1 Å². The van der Waals surface area contributed by atoms with Gasteiger partial charge in [-0.2, -0.15) is 0 Å². The molecule has 1 unspecified atom stereocenters. The molecule has 1 heteroatoms. The van der Waals surface area contributed by atoms with Crippen LogP contribution in [0.5, 0.6) is 0 Å². The molecule has 338 valence electrons. The predicted octanol–water partition coefficient (Wildman–Crippen LogP) is 18.5. The van der Waals surface area contributed by atoms with Crippen molar-refractivity contribution in [1.29, 1.82) is 0 Å². The summed E-state index contributed by atoms with van der Waals surface area (Å²) in [5, 5.41) is 4.87. The number of benzene rings is 12. The maximum absolute atomic E-state index is 2.61. The van der Waals surface area contributed by atoms with Crippen LogP contribution >= 0.6 is 0 Å². The molecule has 72 heavy (non-hydrogen) atoms. The molecule has 0 saturated heterocycles. The zero-order valence-corrected chi connectivity index (χ0v) is 40.0. The minimum atomic E-state index is -0.580. The van der Waals surface area contributed by atoms with E-state index < -0.39 is 10.8 Å². The monoisotopic (exact) mass is 915 g/mol. The first kappa shape index (κ1) is 41.9. The highest BCUT2D eigenvalue weighted by atomic mass is 15.1. The fraction of sp³-hybridized carbons (Fsp3) is 0.0423. The van der Waals surface area contributed by atoms with E-state index in [-0.39, 0.29) is 0 Å². The van der Waals surface area contributed by atoms with Gasteiger partial charge in [0, 0.05) is 27.7 Å². The van der Waals surface area contributed by atoms with Crippen LogP contribution in [0, 0.1) is 0 Å². The Morgan fingerprint density at radius 2 is 0.722 bits per heavy atom. The summed E-state index contributed by atoms with van der Waals surface area (Å²) in [7, 11) is 0. The largest absolute Gasteiger partial charge is 0.309 e. The average Bonchev–Trinajstić information content (AvgIpc) is 3.90. The van der Waals surface area contributed by atoms with Crippen molar-refractivity contribution >= 4 is 38.6 Å². The smallest absolute Gasteiger partial charge is 0.0714 e. The number of nitrogens with zero attached hydrogens (tertiary/aromatic N) is 1. The molecule has 14 rings (SSSR count). The normalized spacial score (nSPS) is 14.9. The van der Waals surface area contributed by atoms with Gasteiger partial charge >= 0.3 is 0 Å². The predicted molar refractivity (Wildman–Crippen MR) is 302 cm³/mol. The third-order valence-corrected chi connectivity index (χ3v) is 16.0. The van der Waals surface area contributed by atoms with E-state index in [2.05, 4.69) is 291 Å². The molecular formula is C71H49N. The Morgan fingerprint density at radius 3 is 1.36 bits per heavy atom. The summed E-state index contributed by atoms with van der Waals surface area (Å²) in [6, 6.07) is 104. The lowest BCUT2D eigenvalue weighted by molar-refractivity contribution is 0.714. The van der Waals surface area contributed by atoms with Gasteiger partial charge in [0.2, 0.25) is 0 Å². The third-order valence-electron chi connectivity index (χ3n) is 16.0. The van der Waals surface area contributed by atoms with Gasteiger partial charge < -0.3 is 4.90 Å². The third kappa shape index (κ3) is 6.07. The SMILES string of the molecule is CC1(c2ccccc2)c2cc(N(c3ccc4c(c3)C(c3ccccc3)(c3ccccc3)c3ccccc3-4)c3c(-c4ccccc4)c4ccccc4c4ccccc34)ccc2-c2c(-c3ccccc3)cccc21. The Hall–Kier alpha value is -9.04. The van der Waals surface area contributed by atoms with Gasteiger partial charge in [-0.05, 0) is 125 Å². The molecule has 1 nitrogen and oxygen atoms in total. The summed E-state index contributed by atoms with van der Waals surface area (Å²) >= 11 is 0. The summed E-state index contributed by atoms with van der Waals surface area (Å²) in [6.45, 7) is 2.44. The molecule has 12 aromatic carbocycles. The van der Waals surface area contributed by atoms with E-state index in [0.29, 0.717) is 0 Å². The molecule has 0 radical (unpaired) electrons. The summed E-state index contributed by atoms with van der Waals surface area (Å²) in [4.78, 5) is 2.61. The fourth-order valence-corrected chi connectivity index (χ4v) is 12.9. The second kappa shape index (κ2) is 16.5. The molecule has 0 aliphatic heterocycles. The number of rotatable bonds is 8. The highest BCUT2D eigenvalue weighted by Gasteiger charge is 2.47. The molecule has 2 aliphatic carbocycles. The first-order chi connectivity index (χ1) is 35.6. The van der Waals surface area contributed by atoms with E-state index in [1.807, 2.05) is 0 Å². The first-order valence-electron chi connectivity index (χ1n) is 25.2. The molecule has 0 fully saturated rings. The van der Waals surface area contributed by atoms with Crippen LogP contribution < -0.4 is 4.90 Å². The van der Waals surface area contributed by atoms with Crippen molar-refractivity contribution in [3.63, 3.8) is 0 Å². The van der Waals surface area contributed by atoms with Crippen molar-refractivity contribution in [1.82, 2.24) is 0 Å². The van der Waals surface area contributed by atoms with Crippen LogP contribution in [-0.2, 0) is 10.8 Å². The lowest BCUT2D eigenvalue weighted by atomic mass is 9.67. The molecule has 0 N–H and O–H groups in total. The Bertz CT molecular complexity index is 3990. The van der Waals surface area contributed by atoms with Gasteiger partial charge in [-0.25, -0.2) is 0 Å². The molecule has 2 aliphatic rings. The van der Waals surface area contributed by atoms with E-state index in [9.17, 15) is 0 Å². The minimum absolute atomic E-state index is 0.457. The number of anilines is 3. The Morgan fingerprint density at radius 1 is 0.278 bits per heavy atom. The van der Waals surface area contributed by atoms with Crippen LogP contribution in [0.3, 0.4) is 0 Å². The van der Waals surface area contributed by atoms with Gasteiger partial charge in [-0.1, -0.05) is 255 Å². The molecule has 0 saturated carbocycles. The maximum Gasteiger partial charge on any atom is 0.0714 e. The first-order valence-corrected chi connectivity index (χ1v) is 25.2. The topological polar surface area (TPSA) is 3.24 Å². The van der Waals surface area contributed by atoms with E-state index >= 15 is 0 Å². The molecule has 0 spiro atoms. The zero-order valence-electron chi connectivity index (χ0n) is 40.0. The van der Waals surface area contributed by atoms with Gasteiger partial charge in [0.1, 0.15) is 0 Å². The Balaban J connectivity index is 1.12. The van der Waals surface area contributed by atoms with Crippen LogP contribution in [0.2, 0.25) is 0 Å². The zero-order chi connectivity index (χ0) is 47.8. The maximum atomic E-state index is 2.61. The lowest BCUT2D eigenvalue weighted by Crippen LogP contribution is -2.28. The highest BCUT2D eigenvalue weighted by Crippen LogP contribution is 2.60. The van der Waals surface area contributed by atoms with Gasteiger partial charge in [0.15, 0.2) is 0 Å². The molecule has 12 aromatic rings. The number of hydrogen-bond donors (Lipinski definition) is 0. The van der Waals surface area contributed by atoms with E-state index in [1.165, 1.54) is 105 Å². The van der Waals surface area contributed by atoms with Crippen LogP contribution in [0.4, 0.5) is 17.1 Å². The standard InChI is InChI=1S/C71H49N/c1-70(50-28-11-4-12-29-50)64-41-23-39-55(48-24-7-2-8-25-48)68(64)62-45-43-53(46-65(62)70)72(69-61-38-20-18-35-57(61)56-34-17-19-37-60(56)67(69)49-26-9-3-10-27-49)54-42-44-59-58-36-21-22-40-63(58)71(66(59)47-54,51-30-13-5-14-31-51)52-32-15-6-16-33-52/h2-47H,1H3. The minimum Gasteiger partial charge on any atom is -0.309 e. The van der Waals surface area contributed by atoms with Crippen molar-refractivity contribution in [2.75, 3.05) is 4.90 Å². The van der Waals surface area contributed by atoms with Crippen LogP contribution in [0.1, 0.15) is 45.9 Å². The van der Waals surface area contributed by atoms with Crippen molar-refractivity contribution in [2.45, 2.75) is 17.8 Å². The van der Waals surface area contributed by atoms with E-state index in [1.54, 1.807) is 0 Å². The molecule has 0 aromatic heterocycles. The summed E-state index contributed by atoms with van der Waals surface area (Å²) in [5.41, 5.74) is 21.2. The van der Waals surface area contributed by atoms with Crippen molar-refractivity contribution in [3.05, 3.63) is 318 Å². The second-order valence-corrected chi connectivity index (χ2v) is 19.6. The van der Waals surface area contributed by atoms with Crippen molar-refractivity contribution in [2.24, 2.45) is 0 Å². The van der Waals surface area contributed by atoms with Crippen LogP contribution in [0.15, 0.2) is 279 Å². The second-order valence-electron chi connectivity index (χ2n) is 19.6. The Labute approximate surface area is 421 Å². The number of hydrogen-bond acceptors (Lipinski definition) is 1. The van der Waals surface area contributed by atoms with Gasteiger partial charge in [0.05, 0.1) is 11.1 Å². The average molecular weight is 916 g/mol. The van der Waals surface area contributed by atoms with Gasteiger partial charge in [-0.15, -0.1) is 0 Å². The highest BCUT2D eigenvalue weighted by molar-refractivity contribution is 6.22. The summed E-state index contributed by atoms with van der Waals surface area (Å²) in [6.07, 6.45) is 0. The summed E-state index contributed by atoms with van der Waals surface area (Å²) in [5.74, 6) is 0. The van der Waals surface area contributed by atoms with Crippen molar-refractivity contribution in [3.8, 4) is 44.5 Å². The molecule has 0 heterocycles. The quantitative estimate of drug-likeness (QED) is 0.137.